The van der Waals surface area contributed by atoms with Gasteiger partial charge in [0.25, 0.3) is 11.8 Å². The Balaban J connectivity index is 1.47. The topological polar surface area (TPSA) is 116 Å². The van der Waals surface area contributed by atoms with E-state index in [-0.39, 0.29) is 29.8 Å². The number of fused-ring (bicyclic) bond motifs is 1. The summed E-state index contributed by atoms with van der Waals surface area (Å²) in [6.07, 6.45) is 0. The Morgan fingerprint density at radius 2 is 1.39 bits per heavy atom. The van der Waals surface area contributed by atoms with Crippen LogP contribution in [0, 0.1) is 0 Å². The van der Waals surface area contributed by atoms with Gasteiger partial charge in [0, 0.05) is 5.56 Å². The molecule has 2 amide bonds. The zero-order chi connectivity index (χ0) is 22.0. The number of hydrogen-bond donors (Lipinski definition) is 1. The minimum Gasteiger partial charge on any atom is -0.545 e. The third-order valence-electron chi connectivity index (χ3n) is 4.63. The Morgan fingerprint density at radius 1 is 0.806 bits per heavy atom. The highest BCUT2D eigenvalue weighted by Crippen LogP contribution is 2.31. The Labute approximate surface area is 176 Å². The van der Waals surface area contributed by atoms with Crippen LogP contribution in [-0.2, 0) is 0 Å². The number of amides is 2. The molecule has 3 aromatic rings. The third kappa shape index (κ3) is 4.10. The van der Waals surface area contributed by atoms with Crippen molar-refractivity contribution in [3.8, 4) is 23.0 Å². The van der Waals surface area contributed by atoms with Gasteiger partial charge in [0.2, 0.25) is 0 Å². The van der Waals surface area contributed by atoms with E-state index in [0.29, 0.717) is 23.0 Å². The van der Waals surface area contributed by atoms with E-state index in [4.69, 9.17) is 14.6 Å². The van der Waals surface area contributed by atoms with Crippen LogP contribution in [0.1, 0.15) is 31.1 Å². The number of aliphatic hydroxyl groups excluding tert-OH is 1. The minimum atomic E-state index is -1.29. The van der Waals surface area contributed by atoms with Crippen molar-refractivity contribution in [1.29, 1.82) is 0 Å². The molecule has 0 fully saturated rings. The first-order valence-electron chi connectivity index (χ1n) is 9.34. The number of ether oxygens (including phenoxy) is 2. The smallest absolute Gasteiger partial charge is 0.261 e. The van der Waals surface area contributed by atoms with Crippen LogP contribution in [0.25, 0.3) is 0 Å². The number of rotatable bonds is 7. The molecule has 0 spiro atoms. The molecule has 8 nitrogen and oxygen atoms in total. The molecule has 0 aliphatic carbocycles. The van der Waals surface area contributed by atoms with E-state index in [1.165, 1.54) is 24.3 Å². The number of β-amino-alcohol motifs (C(OH)–C–C–N with tert-alkyl or cyclic N) is 1. The lowest BCUT2D eigenvalue weighted by Gasteiger charge is -2.10. The number of carboxylic acid groups (broad SMARTS) is 1. The third-order valence-corrected chi connectivity index (χ3v) is 4.63. The van der Waals surface area contributed by atoms with E-state index >= 15 is 0 Å². The molecular weight excluding hydrogens is 402 g/mol. The fraction of sp³-hybridized carbons (Fsp3) is 0.0870. The zero-order valence-electron chi connectivity index (χ0n) is 16.1. The first kappa shape index (κ1) is 20.1. The lowest BCUT2D eigenvalue weighted by atomic mass is 10.1. The van der Waals surface area contributed by atoms with E-state index in [9.17, 15) is 19.5 Å². The molecule has 0 bridgehead atoms. The zero-order valence-corrected chi connectivity index (χ0v) is 16.1. The van der Waals surface area contributed by atoms with Crippen LogP contribution in [-0.4, -0.2) is 40.9 Å². The van der Waals surface area contributed by atoms with Crippen LogP contribution in [0.4, 0.5) is 0 Å². The van der Waals surface area contributed by atoms with E-state index in [1.54, 1.807) is 42.5 Å². The van der Waals surface area contributed by atoms with Crippen LogP contribution in [0.2, 0.25) is 0 Å². The first-order valence-corrected chi connectivity index (χ1v) is 9.34. The van der Waals surface area contributed by atoms with Gasteiger partial charge in [-0.2, -0.15) is 0 Å². The van der Waals surface area contributed by atoms with E-state index < -0.39 is 17.8 Å². The van der Waals surface area contributed by atoms with Crippen molar-refractivity contribution in [2.45, 2.75) is 0 Å². The highest BCUT2D eigenvalue weighted by molar-refractivity contribution is 6.21. The molecule has 1 N–H and O–H groups in total. The minimum absolute atomic E-state index is 0.0136. The van der Waals surface area contributed by atoms with Crippen LogP contribution >= 0.6 is 0 Å². The van der Waals surface area contributed by atoms with Crippen LogP contribution < -0.4 is 14.6 Å². The van der Waals surface area contributed by atoms with Crippen molar-refractivity contribution in [1.82, 2.24) is 4.90 Å². The molecule has 4 rings (SSSR count). The number of hydrogen-bond acceptors (Lipinski definition) is 7. The summed E-state index contributed by atoms with van der Waals surface area (Å²) in [6.45, 7) is -0.364. The molecule has 0 unspecified atom stereocenters. The maximum Gasteiger partial charge on any atom is 0.261 e. The lowest BCUT2D eigenvalue weighted by molar-refractivity contribution is -0.255. The number of aliphatic hydroxyl groups is 1. The molecule has 1 heterocycles. The Hall–Kier alpha value is -4.17. The predicted molar refractivity (Wildman–Crippen MR) is 106 cm³/mol. The van der Waals surface area contributed by atoms with Gasteiger partial charge in [-0.1, -0.05) is 12.1 Å². The van der Waals surface area contributed by atoms with Crippen molar-refractivity contribution in [3.63, 3.8) is 0 Å². The van der Waals surface area contributed by atoms with E-state index in [1.807, 2.05) is 0 Å². The maximum absolute atomic E-state index is 12.4. The van der Waals surface area contributed by atoms with Crippen molar-refractivity contribution < 1.29 is 34.1 Å². The van der Waals surface area contributed by atoms with Gasteiger partial charge in [-0.05, 0) is 54.6 Å². The number of nitrogens with zero attached hydrogens (tertiary/aromatic N) is 1. The summed E-state index contributed by atoms with van der Waals surface area (Å²) in [7, 11) is 0. The molecule has 1 aliphatic rings. The largest absolute Gasteiger partial charge is 0.545 e. The molecule has 0 saturated carbocycles. The van der Waals surface area contributed by atoms with Crippen LogP contribution in [0.15, 0.2) is 66.7 Å². The number of benzene rings is 3. The number of carbonyl (C=O) groups is 3. The molecule has 1 aliphatic heterocycles. The number of imide groups is 1. The second-order valence-corrected chi connectivity index (χ2v) is 6.68. The van der Waals surface area contributed by atoms with Crippen LogP contribution in [0.3, 0.4) is 0 Å². The normalized spacial score (nSPS) is 12.6. The molecule has 0 aromatic heterocycles. The average Bonchev–Trinajstić information content (AvgIpc) is 3.00. The Bertz CT molecular complexity index is 1170. The van der Waals surface area contributed by atoms with Crippen molar-refractivity contribution in [2.24, 2.45) is 0 Å². The van der Waals surface area contributed by atoms with Gasteiger partial charge in [-0.25, -0.2) is 0 Å². The molecule has 156 valence electrons. The summed E-state index contributed by atoms with van der Waals surface area (Å²) in [5.41, 5.74) is 0.511. The summed E-state index contributed by atoms with van der Waals surface area (Å²) < 4.78 is 11.4. The van der Waals surface area contributed by atoms with E-state index in [2.05, 4.69) is 0 Å². The quantitative estimate of drug-likeness (QED) is 0.585. The van der Waals surface area contributed by atoms with Gasteiger partial charge in [-0.15, -0.1) is 0 Å². The summed E-state index contributed by atoms with van der Waals surface area (Å²) in [5, 5.41) is 20.0. The molecule has 0 radical (unpaired) electrons. The van der Waals surface area contributed by atoms with Gasteiger partial charge in [0.15, 0.2) is 0 Å². The second-order valence-electron chi connectivity index (χ2n) is 6.68. The first-order chi connectivity index (χ1) is 15.0. The van der Waals surface area contributed by atoms with Gasteiger partial charge >= 0.3 is 0 Å². The number of carboxylic acids is 1. The summed E-state index contributed by atoms with van der Waals surface area (Å²) >= 11 is 0. The van der Waals surface area contributed by atoms with Gasteiger partial charge < -0.3 is 24.5 Å². The van der Waals surface area contributed by atoms with Crippen molar-refractivity contribution in [2.75, 3.05) is 13.2 Å². The summed E-state index contributed by atoms with van der Waals surface area (Å²) in [4.78, 5) is 36.5. The Kier molecular flexibility index (Phi) is 5.38. The lowest BCUT2D eigenvalue weighted by Crippen LogP contribution is -2.32. The molecule has 3 aromatic carbocycles. The van der Waals surface area contributed by atoms with Gasteiger partial charge in [0.05, 0.1) is 30.2 Å². The SMILES string of the molecule is O=C([O-])c1cccc(Oc2ccc(Oc3ccc4c(c3)C(=O)N(CCO)C4=O)cc2)c1. The molecule has 31 heavy (non-hydrogen) atoms. The van der Waals surface area contributed by atoms with Gasteiger partial charge in [-0.3, -0.25) is 14.5 Å². The summed E-state index contributed by atoms with van der Waals surface area (Å²) in [6, 6.07) is 17.1. The fourth-order valence-corrected chi connectivity index (χ4v) is 3.17. The highest BCUT2D eigenvalue weighted by atomic mass is 16.5. The monoisotopic (exact) mass is 418 g/mol. The highest BCUT2D eigenvalue weighted by Gasteiger charge is 2.35. The van der Waals surface area contributed by atoms with Crippen molar-refractivity contribution >= 4 is 17.8 Å². The molecule has 0 atom stereocenters. The standard InChI is InChI=1S/C23H17NO7/c25-11-10-24-21(26)19-9-8-18(13-20(19)22(24)27)31-16-6-4-15(5-7-16)30-17-3-1-2-14(12-17)23(28)29/h1-9,12-13,25H,10-11H2,(H,28,29)/p-1. The van der Waals surface area contributed by atoms with Crippen molar-refractivity contribution in [3.05, 3.63) is 83.4 Å². The van der Waals surface area contributed by atoms with Gasteiger partial charge in [0.1, 0.15) is 23.0 Å². The Morgan fingerprint density at radius 3 is 2.00 bits per heavy atom. The molecular formula is C23H16NO7-. The van der Waals surface area contributed by atoms with E-state index in [0.717, 1.165) is 4.90 Å². The number of aromatic carboxylic acids is 1. The fourth-order valence-electron chi connectivity index (χ4n) is 3.17. The molecule has 8 heteroatoms. The molecule has 0 saturated heterocycles. The summed E-state index contributed by atoms with van der Waals surface area (Å²) in [5.74, 6) is -0.530. The van der Waals surface area contributed by atoms with Crippen LogP contribution in [0.5, 0.6) is 23.0 Å². The average molecular weight is 418 g/mol. The predicted octanol–water partition coefficient (Wildman–Crippen LogP) is 2.22. The second kappa shape index (κ2) is 8.29. The maximum atomic E-state index is 12.4. The number of carbonyl (C=O) groups excluding carboxylic acids is 3.